The molecule has 3 aliphatic rings. The van der Waals surface area contributed by atoms with Crippen LogP contribution in [0.25, 0.3) is 0 Å². The van der Waals surface area contributed by atoms with Gasteiger partial charge in [-0.1, -0.05) is 19.3 Å². The molecular weight excluding hydrogens is 300 g/mol. The molecule has 6 atom stereocenters. The van der Waals surface area contributed by atoms with Gasteiger partial charge in [0.25, 0.3) is 0 Å². The molecule has 3 saturated heterocycles. The summed E-state index contributed by atoms with van der Waals surface area (Å²) in [6.07, 6.45) is 16.7. The number of hydrogen-bond acceptors (Lipinski definition) is 3. The zero-order valence-corrected chi connectivity index (χ0v) is 16.0. The molecule has 3 aliphatic heterocycles. The van der Waals surface area contributed by atoms with Crippen LogP contribution in [-0.4, -0.2) is 36.6 Å². The van der Waals surface area contributed by atoms with Crippen LogP contribution in [0.4, 0.5) is 0 Å². The lowest BCUT2D eigenvalue weighted by Crippen LogP contribution is -2.32. The SMILES string of the molecule is CC1CCC(CCCCCC(C2CCC(C)O2)C2CCC(C)O2)O1. The van der Waals surface area contributed by atoms with E-state index in [4.69, 9.17) is 14.2 Å². The highest BCUT2D eigenvalue weighted by Gasteiger charge is 2.38. The molecule has 24 heavy (non-hydrogen) atoms. The van der Waals surface area contributed by atoms with Gasteiger partial charge in [-0.05, 0) is 72.1 Å². The van der Waals surface area contributed by atoms with Crippen LogP contribution in [-0.2, 0) is 14.2 Å². The van der Waals surface area contributed by atoms with Crippen molar-refractivity contribution in [2.45, 2.75) is 128 Å². The van der Waals surface area contributed by atoms with Crippen molar-refractivity contribution in [3.63, 3.8) is 0 Å². The van der Waals surface area contributed by atoms with Gasteiger partial charge in [0.1, 0.15) is 0 Å². The maximum atomic E-state index is 6.22. The molecule has 0 amide bonds. The first kappa shape index (κ1) is 18.7. The molecule has 3 heteroatoms. The van der Waals surface area contributed by atoms with E-state index in [-0.39, 0.29) is 0 Å². The summed E-state index contributed by atoms with van der Waals surface area (Å²) < 4.78 is 18.4. The maximum absolute atomic E-state index is 6.22. The van der Waals surface area contributed by atoms with E-state index in [1.807, 2.05) is 0 Å². The van der Waals surface area contributed by atoms with Crippen LogP contribution in [0.2, 0.25) is 0 Å². The van der Waals surface area contributed by atoms with Crippen LogP contribution in [0.5, 0.6) is 0 Å². The first-order valence-corrected chi connectivity index (χ1v) is 10.6. The second kappa shape index (κ2) is 9.00. The minimum atomic E-state index is 0.439. The van der Waals surface area contributed by atoms with Crippen molar-refractivity contribution in [1.29, 1.82) is 0 Å². The Morgan fingerprint density at radius 2 is 1.25 bits per heavy atom. The molecule has 140 valence electrons. The van der Waals surface area contributed by atoms with Gasteiger partial charge < -0.3 is 14.2 Å². The van der Waals surface area contributed by atoms with Crippen molar-refractivity contribution in [3.05, 3.63) is 0 Å². The van der Waals surface area contributed by atoms with E-state index >= 15 is 0 Å². The molecule has 0 saturated carbocycles. The molecular formula is C21H38O3. The normalized spacial score (nSPS) is 41.1. The zero-order chi connectivity index (χ0) is 16.9. The van der Waals surface area contributed by atoms with Gasteiger partial charge in [0.2, 0.25) is 0 Å². The van der Waals surface area contributed by atoms with Crippen molar-refractivity contribution >= 4 is 0 Å². The van der Waals surface area contributed by atoms with Gasteiger partial charge in [0.05, 0.1) is 36.6 Å². The number of hydrogen-bond donors (Lipinski definition) is 0. The fourth-order valence-electron chi connectivity index (χ4n) is 4.93. The smallest absolute Gasteiger partial charge is 0.0632 e. The number of rotatable bonds is 8. The average Bonchev–Trinajstić information content (AvgIpc) is 3.26. The highest BCUT2D eigenvalue weighted by Crippen LogP contribution is 2.36. The summed E-state index contributed by atoms with van der Waals surface area (Å²) in [6, 6.07) is 0. The number of ether oxygens (including phenoxy) is 3. The van der Waals surface area contributed by atoms with Crippen LogP contribution in [0.3, 0.4) is 0 Å². The minimum absolute atomic E-state index is 0.439. The van der Waals surface area contributed by atoms with Gasteiger partial charge in [-0.3, -0.25) is 0 Å². The summed E-state index contributed by atoms with van der Waals surface area (Å²) in [4.78, 5) is 0. The summed E-state index contributed by atoms with van der Waals surface area (Å²) in [6.45, 7) is 6.64. The van der Waals surface area contributed by atoms with Gasteiger partial charge in [-0.15, -0.1) is 0 Å². The van der Waals surface area contributed by atoms with Gasteiger partial charge in [-0.25, -0.2) is 0 Å². The Balaban J connectivity index is 1.39. The summed E-state index contributed by atoms with van der Waals surface area (Å²) in [5.74, 6) is 0.614. The van der Waals surface area contributed by atoms with Crippen molar-refractivity contribution in [2.75, 3.05) is 0 Å². The highest BCUT2D eigenvalue weighted by atomic mass is 16.5. The third-order valence-corrected chi connectivity index (χ3v) is 6.37. The molecule has 6 unspecified atom stereocenters. The van der Waals surface area contributed by atoms with Gasteiger partial charge >= 0.3 is 0 Å². The molecule has 3 heterocycles. The van der Waals surface area contributed by atoms with Crippen LogP contribution in [0.1, 0.15) is 91.4 Å². The monoisotopic (exact) mass is 338 g/mol. The Kier molecular flexibility index (Phi) is 7.00. The molecule has 0 aromatic heterocycles. The minimum Gasteiger partial charge on any atom is -0.375 e. The molecule has 0 spiro atoms. The molecule has 0 aromatic rings. The molecule has 3 fully saturated rings. The molecule has 3 rings (SSSR count). The van der Waals surface area contributed by atoms with E-state index in [1.54, 1.807) is 0 Å². The summed E-state index contributed by atoms with van der Waals surface area (Å²) >= 11 is 0. The van der Waals surface area contributed by atoms with Crippen molar-refractivity contribution in [1.82, 2.24) is 0 Å². The molecule has 0 aromatic carbocycles. The third-order valence-electron chi connectivity index (χ3n) is 6.37. The van der Waals surface area contributed by atoms with Crippen LogP contribution in [0, 0.1) is 5.92 Å². The molecule has 0 N–H and O–H groups in total. The topological polar surface area (TPSA) is 27.7 Å². The highest BCUT2D eigenvalue weighted by molar-refractivity contribution is 4.86. The van der Waals surface area contributed by atoms with E-state index in [1.165, 1.54) is 70.6 Å². The van der Waals surface area contributed by atoms with Crippen molar-refractivity contribution < 1.29 is 14.2 Å². The molecule has 0 bridgehead atoms. The van der Waals surface area contributed by atoms with Gasteiger partial charge in [-0.2, -0.15) is 0 Å². The predicted octanol–water partition coefficient (Wildman–Crippen LogP) is 5.26. The third kappa shape index (κ3) is 5.19. The second-order valence-corrected chi connectivity index (χ2v) is 8.57. The fraction of sp³-hybridized carbons (Fsp3) is 1.00. The summed E-state index contributed by atoms with van der Waals surface area (Å²) in [7, 11) is 0. The van der Waals surface area contributed by atoms with Gasteiger partial charge in [0.15, 0.2) is 0 Å². The lowest BCUT2D eigenvalue weighted by atomic mass is 9.87. The van der Waals surface area contributed by atoms with Gasteiger partial charge in [0, 0.05) is 5.92 Å². The van der Waals surface area contributed by atoms with Crippen LogP contribution >= 0.6 is 0 Å². The first-order chi connectivity index (χ1) is 11.6. The Labute approximate surface area is 148 Å². The predicted molar refractivity (Wildman–Crippen MR) is 97.3 cm³/mol. The maximum Gasteiger partial charge on any atom is 0.0632 e. The second-order valence-electron chi connectivity index (χ2n) is 8.57. The standard InChI is InChI=1S/C21H38O3/c1-15-9-12-18(22-15)7-5-4-6-8-19(20-13-10-16(2)23-20)21-14-11-17(3)24-21/h15-21H,4-14H2,1-3H3. The Morgan fingerprint density at radius 1 is 0.667 bits per heavy atom. The van der Waals surface area contributed by atoms with Crippen LogP contribution < -0.4 is 0 Å². The average molecular weight is 339 g/mol. The van der Waals surface area contributed by atoms with E-state index in [0.717, 1.165) is 0 Å². The molecule has 0 radical (unpaired) electrons. The van der Waals surface area contributed by atoms with Crippen molar-refractivity contribution in [2.24, 2.45) is 5.92 Å². The number of unbranched alkanes of at least 4 members (excludes halogenated alkanes) is 2. The fourth-order valence-corrected chi connectivity index (χ4v) is 4.93. The lowest BCUT2D eigenvalue weighted by Gasteiger charge is -2.29. The first-order valence-electron chi connectivity index (χ1n) is 10.6. The Morgan fingerprint density at radius 3 is 1.75 bits per heavy atom. The summed E-state index contributed by atoms with van der Waals surface area (Å²) in [5.41, 5.74) is 0. The Hall–Kier alpha value is -0.120. The van der Waals surface area contributed by atoms with E-state index < -0.39 is 0 Å². The van der Waals surface area contributed by atoms with Crippen molar-refractivity contribution in [3.8, 4) is 0 Å². The van der Waals surface area contributed by atoms with E-state index in [0.29, 0.717) is 42.5 Å². The largest absolute Gasteiger partial charge is 0.375 e. The molecule has 3 nitrogen and oxygen atoms in total. The molecule has 0 aliphatic carbocycles. The Bertz CT molecular complexity index is 352. The van der Waals surface area contributed by atoms with E-state index in [9.17, 15) is 0 Å². The zero-order valence-electron chi connectivity index (χ0n) is 16.0. The van der Waals surface area contributed by atoms with E-state index in [2.05, 4.69) is 20.8 Å². The summed E-state index contributed by atoms with van der Waals surface area (Å²) in [5, 5.41) is 0. The van der Waals surface area contributed by atoms with Crippen LogP contribution in [0.15, 0.2) is 0 Å². The quantitative estimate of drug-likeness (QED) is 0.565. The lowest BCUT2D eigenvalue weighted by molar-refractivity contribution is -0.0559.